The van der Waals surface area contributed by atoms with Crippen LogP contribution in [-0.4, -0.2) is 28.1 Å². The molecule has 2 rings (SSSR count). The van der Waals surface area contributed by atoms with Crippen LogP contribution in [0, 0.1) is 6.92 Å². The Morgan fingerprint density at radius 3 is 2.70 bits per heavy atom. The molecule has 20 heavy (non-hydrogen) atoms. The fourth-order valence-corrected chi connectivity index (χ4v) is 4.64. The van der Waals surface area contributed by atoms with E-state index < -0.39 is 10.0 Å². The molecule has 0 saturated carbocycles. The highest BCUT2D eigenvalue weighted by atomic mass is 79.9. The molecule has 7 heteroatoms. The van der Waals surface area contributed by atoms with E-state index in [1.807, 2.05) is 13.0 Å². The van der Waals surface area contributed by atoms with Gasteiger partial charge in [-0.1, -0.05) is 27.6 Å². The van der Waals surface area contributed by atoms with Crippen molar-refractivity contribution in [3.63, 3.8) is 0 Å². The normalized spacial score (nSPS) is 16.1. The fourth-order valence-electron chi connectivity index (χ4n) is 1.93. The Bertz CT molecular complexity index is 642. The predicted octanol–water partition coefficient (Wildman–Crippen LogP) is 2.72. The molecule has 0 saturated heterocycles. The monoisotopic (exact) mass is 422 g/mol. The number of sulfonamides is 1. The third-order valence-corrected chi connectivity index (χ3v) is 6.36. The van der Waals surface area contributed by atoms with E-state index in [-0.39, 0.29) is 4.90 Å². The van der Waals surface area contributed by atoms with Gasteiger partial charge in [0.25, 0.3) is 0 Å². The Morgan fingerprint density at radius 2 is 2.05 bits per heavy atom. The highest BCUT2D eigenvalue weighted by Crippen LogP contribution is 2.28. The van der Waals surface area contributed by atoms with Gasteiger partial charge in [-0.2, -0.15) is 0 Å². The molecule has 1 heterocycles. The number of benzene rings is 1. The molecule has 0 radical (unpaired) electrons. The lowest BCUT2D eigenvalue weighted by molar-refractivity contribution is 0.581. The third-order valence-electron chi connectivity index (χ3n) is 3.15. The first-order chi connectivity index (χ1) is 9.40. The lowest BCUT2D eigenvalue weighted by Crippen LogP contribution is -2.30. The summed E-state index contributed by atoms with van der Waals surface area (Å²) < 4.78 is 28.7. The van der Waals surface area contributed by atoms with Gasteiger partial charge in [0.15, 0.2) is 0 Å². The second-order valence-corrected chi connectivity index (χ2v) is 8.12. The first-order valence-corrected chi connectivity index (χ1v) is 9.31. The molecule has 0 amide bonds. The average molecular weight is 424 g/mol. The van der Waals surface area contributed by atoms with Crippen molar-refractivity contribution in [3.8, 4) is 0 Å². The number of hydrogen-bond acceptors (Lipinski definition) is 3. The molecule has 0 aliphatic carbocycles. The second-order valence-electron chi connectivity index (χ2n) is 4.67. The number of halogens is 2. The topological polar surface area (TPSA) is 58.2 Å². The minimum atomic E-state index is -3.52. The molecule has 110 valence electrons. The Labute approximate surface area is 136 Å². The minimum absolute atomic E-state index is 0.254. The van der Waals surface area contributed by atoms with Gasteiger partial charge < -0.3 is 5.32 Å². The Hall–Kier alpha value is -0.210. The van der Waals surface area contributed by atoms with Crippen LogP contribution in [0.15, 0.2) is 37.6 Å². The summed E-state index contributed by atoms with van der Waals surface area (Å²) in [5.74, 6) is 0. The van der Waals surface area contributed by atoms with Gasteiger partial charge in [0.1, 0.15) is 0 Å². The van der Waals surface area contributed by atoms with Gasteiger partial charge >= 0.3 is 0 Å². The summed E-state index contributed by atoms with van der Waals surface area (Å²) in [6, 6.07) is 3.42. The summed E-state index contributed by atoms with van der Waals surface area (Å²) >= 11 is 6.69. The van der Waals surface area contributed by atoms with Crippen LogP contribution >= 0.6 is 31.9 Å². The van der Waals surface area contributed by atoms with Gasteiger partial charge in [-0.3, -0.25) is 0 Å². The molecule has 1 aliphatic heterocycles. The predicted molar refractivity (Wildman–Crippen MR) is 87.3 cm³/mol. The zero-order valence-corrected chi connectivity index (χ0v) is 15.0. The maximum absolute atomic E-state index is 12.4. The molecule has 0 atom stereocenters. The van der Waals surface area contributed by atoms with E-state index in [1.54, 1.807) is 12.1 Å². The maximum atomic E-state index is 12.4. The maximum Gasteiger partial charge on any atom is 0.242 e. The highest BCUT2D eigenvalue weighted by molar-refractivity contribution is 9.11. The lowest BCUT2D eigenvalue weighted by atomic mass is 10.1. The van der Waals surface area contributed by atoms with Gasteiger partial charge in [-0.25, -0.2) is 13.1 Å². The molecule has 0 aromatic heterocycles. The molecule has 1 aromatic carbocycles. The van der Waals surface area contributed by atoms with Crippen molar-refractivity contribution in [3.05, 3.63) is 38.3 Å². The summed E-state index contributed by atoms with van der Waals surface area (Å²) in [5, 5.41) is 3.20. The Kier molecular flexibility index (Phi) is 5.42. The SMILES string of the molecule is Cc1cc(Br)c(S(=O)(=O)NCC2=CCNCC2)cc1Br. The van der Waals surface area contributed by atoms with E-state index >= 15 is 0 Å². The average Bonchev–Trinajstić information content (AvgIpc) is 2.42. The largest absolute Gasteiger partial charge is 0.313 e. The second kappa shape index (κ2) is 6.70. The highest BCUT2D eigenvalue weighted by Gasteiger charge is 2.19. The summed E-state index contributed by atoms with van der Waals surface area (Å²) in [6.45, 7) is 3.98. The summed E-state index contributed by atoms with van der Waals surface area (Å²) in [5.41, 5.74) is 2.10. The van der Waals surface area contributed by atoms with Crippen LogP contribution < -0.4 is 10.0 Å². The summed E-state index contributed by atoms with van der Waals surface area (Å²) in [6.07, 6.45) is 2.91. The number of nitrogens with one attached hydrogen (secondary N) is 2. The van der Waals surface area contributed by atoms with E-state index in [4.69, 9.17) is 0 Å². The van der Waals surface area contributed by atoms with Crippen molar-refractivity contribution >= 4 is 41.9 Å². The van der Waals surface area contributed by atoms with Crippen molar-refractivity contribution < 1.29 is 8.42 Å². The lowest BCUT2D eigenvalue weighted by Gasteiger charge is -2.15. The first-order valence-electron chi connectivity index (χ1n) is 6.24. The minimum Gasteiger partial charge on any atom is -0.313 e. The van der Waals surface area contributed by atoms with Crippen molar-refractivity contribution in [2.45, 2.75) is 18.2 Å². The Morgan fingerprint density at radius 1 is 1.30 bits per heavy atom. The summed E-state index contributed by atoms with van der Waals surface area (Å²) in [4.78, 5) is 0.254. The third kappa shape index (κ3) is 3.92. The fraction of sp³-hybridized carbons (Fsp3) is 0.385. The van der Waals surface area contributed by atoms with Crippen LogP contribution in [0.2, 0.25) is 0 Å². The molecular formula is C13H16Br2N2O2S. The molecule has 0 unspecified atom stereocenters. The molecule has 4 nitrogen and oxygen atoms in total. The van der Waals surface area contributed by atoms with E-state index in [0.29, 0.717) is 11.0 Å². The van der Waals surface area contributed by atoms with E-state index in [0.717, 1.165) is 35.1 Å². The van der Waals surface area contributed by atoms with E-state index in [2.05, 4.69) is 41.9 Å². The molecule has 1 aliphatic rings. The summed E-state index contributed by atoms with van der Waals surface area (Å²) in [7, 11) is -3.52. The number of hydrogen-bond donors (Lipinski definition) is 2. The van der Waals surface area contributed by atoms with Gasteiger partial charge in [-0.05, 0) is 53.5 Å². The zero-order valence-electron chi connectivity index (χ0n) is 11.0. The number of rotatable bonds is 4. The zero-order chi connectivity index (χ0) is 14.8. The van der Waals surface area contributed by atoms with Gasteiger partial charge in [-0.15, -0.1) is 0 Å². The van der Waals surface area contributed by atoms with Crippen molar-refractivity contribution in [2.75, 3.05) is 19.6 Å². The van der Waals surface area contributed by atoms with E-state index in [1.165, 1.54) is 0 Å². The first kappa shape index (κ1) is 16.2. The van der Waals surface area contributed by atoms with Gasteiger partial charge in [0.2, 0.25) is 10.0 Å². The van der Waals surface area contributed by atoms with Crippen LogP contribution in [0.25, 0.3) is 0 Å². The van der Waals surface area contributed by atoms with Gasteiger partial charge in [0.05, 0.1) is 4.90 Å². The van der Waals surface area contributed by atoms with Crippen LogP contribution in [-0.2, 0) is 10.0 Å². The van der Waals surface area contributed by atoms with Gasteiger partial charge in [0, 0.05) is 22.0 Å². The standard InChI is InChI=1S/C13H16Br2N2O2S/c1-9-6-12(15)13(7-11(9)14)20(18,19)17-8-10-2-4-16-5-3-10/h2,6-7,16-17H,3-5,8H2,1H3. The molecule has 0 spiro atoms. The molecular weight excluding hydrogens is 408 g/mol. The van der Waals surface area contributed by atoms with Crippen molar-refractivity contribution in [1.82, 2.24) is 10.0 Å². The van der Waals surface area contributed by atoms with Crippen molar-refractivity contribution in [1.29, 1.82) is 0 Å². The smallest absolute Gasteiger partial charge is 0.242 e. The van der Waals surface area contributed by atoms with Crippen LogP contribution in [0.5, 0.6) is 0 Å². The molecule has 1 aromatic rings. The molecule has 0 bridgehead atoms. The van der Waals surface area contributed by atoms with Crippen LogP contribution in [0.1, 0.15) is 12.0 Å². The molecule has 2 N–H and O–H groups in total. The van der Waals surface area contributed by atoms with Crippen LogP contribution in [0.4, 0.5) is 0 Å². The number of aryl methyl sites for hydroxylation is 1. The molecule has 0 fully saturated rings. The Balaban J connectivity index is 2.18. The van der Waals surface area contributed by atoms with Crippen molar-refractivity contribution in [2.24, 2.45) is 0 Å². The van der Waals surface area contributed by atoms with Crippen LogP contribution in [0.3, 0.4) is 0 Å². The quantitative estimate of drug-likeness (QED) is 0.732. The van der Waals surface area contributed by atoms with E-state index in [9.17, 15) is 8.42 Å².